The molecule has 3 heteroatoms. The summed E-state index contributed by atoms with van der Waals surface area (Å²) in [6, 6.07) is 10.3. The van der Waals surface area contributed by atoms with Gasteiger partial charge in [0.25, 0.3) is 0 Å². The maximum absolute atomic E-state index is 4.33. The average molecular weight is 218 g/mol. The fourth-order valence-electron chi connectivity index (χ4n) is 1.39. The van der Waals surface area contributed by atoms with Crippen LogP contribution in [0.1, 0.15) is 5.56 Å². The molecule has 0 saturated carbocycles. The molecule has 0 spiro atoms. The van der Waals surface area contributed by atoms with Crippen molar-refractivity contribution in [2.45, 2.75) is 0 Å². The van der Waals surface area contributed by atoms with E-state index in [0.29, 0.717) is 0 Å². The van der Waals surface area contributed by atoms with Gasteiger partial charge in [0.05, 0.1) is 6.54 Å². The van der Waals surface area contributed by atoms with E-state index < -0.39 is 0 Å². The number of aliphatic imine (C=N–C) groups is 1. The van der Waals surface area contributed by atoms with E-state index in [0.717, 1.165) is 29.6 Å². The molecule has 15 heavy (non-hydrogen) atoms. The maximum atomic E-state index is 4.33. The van der Waals surface area contributed by atoms with E-state index >= 15 is 0 Å². The monoisotopic (exact) mass is 218 g/mol. The van der Waals surface area contributed by atoms with E-state index in [1.807, 2.05) is 18.2 Å². The quantitative estimate of drug-likeness (QED) is 0.842. The van der Waals surface area contributed by atoms with E-state index in [-0.39, 0.29) is 0 Å². The molecule has 1 heterocycles. The number of hydrogen-bond donors (Lipinski definition) is 1. The van der Waals surface area contributed by atoms with Gasteiger partial charge in [0.15, 0.2) is 5.17 Å². The molecule has 0 radical (unpaired) electrons. The summed E-state index contributed by atoms with van der Waals surface area (Å²) in [6.45, 7) is 5.96. The summed E-state index contributed by atoms with van der Waals surface area (Å²) in [5.74, 6) is 0.899. The summed E-state index contributed by atoms with van der Waals surface area (Å²) in [5.41, 5.74) is 2.36. The minimum atomic E-state index is 0.899. The Hall–Kier alpha value is -1.22. The summed E-state index contributed by atoms with van der Waals surface area (Å²) in [4.78, 5) is 4.33. The van der Waals surface area contributed by atoms with Crippen molar-refractivity contribution >= 4 is 22.5 Å². The zero-order valence-electron chi connectivity index (χ0n) is 8.57. The molecule has 0 bridgehead atoms. The van der Waals surface area contributed by atoms with Gasteiger partial charge in [0.2, 0.25) is 0 Å². The van der Waals surface area contributed by atoms with Crippen LogP contribution < -0.4 is 5.32 Å². The normalized spacial score (nSPS) is 14.5. The first kappa shape index (κ1) is 10.3. The summed E-state index contributed by atoms with van der Waals surface area (Å²) in [6.07, 6.45) is 0. The first-order valence-electron chi connectivity index (χ1n) is 5.00. The highest BCUT2D eigenvalue weighted by molar-refractivity contribution is 8.14. The molecular weight excluding hydrogens is 204 g/mol. The van der Waals surface area contributed by atoms with Gasteiger partial charge in [0, 0.05) is 12.3 Å². The third-order valence-electron chi connectivity index (χ3n) is 2.21. The highest BCUT2D eigenvalue weighted by Gasteiger charge is 2.06. The van der Waals surface area contributed by atoms with Gasteiger partial charge in [-0.2, -0.15) is 0 Å². The molecule has 1 aliphatic heterocycles. The van der Waals surface area contributed by atoms with Crippen LogP contribution in [-0.4, -0.2) is 24.0 Å². The molecule has 2 nitrogen and oxygen atoms in total. The van der Waals surface area contributed by atoms with E-state index in [2.05, 4.69) is 29.0 Å². The second-order valence-corrected chi connectivity index (χ2v) is 4.34. The maximum Gasteiger partial charge on any atom is 0.157 e. The first-order valence-corrected chi connectivity index (χ1v) is 5.99. The molecule has 78 valence electrons. The van der Waals surface area contributed by atoms with Gasteiger partial charge in [0.1, 0.15) is 0 Å². The Bertz CT molecular complexity index is 370. The van der Waals surface area contributed by atoms with Gasteiger partial charge in [-0.05, 0) is 11.1 Å². The molecular formula is C12H14N2S. The lowest BCUT2D eigenvalue weighted by Crippen LogP contribution is -2.15. The van der Waals surface area contributed by atoms with Gasteiger partial charge in [-0.25, -0.2) is 0 Å². The molecule has 2 rings (SSSR count). The number of benzene rings is 1. The summed E-state index contributed by atoms with van der Waals surface area (Å²) in [5, 5.41) is 4.28. The fraction of sp³-hybridized carbons (Fsp3) is 0.250. The lowest BCUT2D eigenvalue weighted by atomic mass is 10.1. The lowest BCUT2D eigenvalue weighted by molar-refractivity contribution is 0.963. The Labute approximate surface area is 94.5 Å². The molecule has 1 aliphatic rings. The van der Waals surface area contributed by atoms with Gasteiger partial charge >= 0.3 is 0 Å². The van der Waals surface area contributed by atoms with Crippen LogP contribution in [0.15, 0.2) is 41.9 Å². The average Bonchev–Trinajstić information content (AvgIpc) is 2.80. The number of thioether (sulfide) groups is 1. The van der Waals surface area contributed by atoms with Gasteiger partial charge in [-0.15, -0.1) is 0 Å². The molecule has 0 aliphatic carbocycles. The van der Waals surface area contributed by atoms with Gasteiger partial charge in [-0.1, -0.05) is 48.7 Å². The van der Waals surface area contributed by atoms with Crippen molar-refractivity contribution in [3.8, 4) is 0 Å². The smallest absolute Gasteiger partial charge is 0.157 e. The molecule has 0 amide bonds. The predicted octanol–water partition coefficient (Wildman–Crippen LogP) is 2.39. The van der Waals surface area contributed by atoms with Crippen molar-refractivity contribution in [3.63, 3.8) is 0 Å². The molecule has 1 N–H and O–H groups in total. The number of nitrogens with zero attached hydrogens (tertiary/aromatic N) is 1. The van der Waals surface area contributed by atoms with Crippen molar-refractivity contribution in [2.24, 2.45) is 4.99 Å². The van der Waals surface area contributed by atoms with Gasteiger partial charge < -0.3 is 5.32 Å². The van der Waals surface area contributed by atoms with Crippen molar-refractivity contribution < 1.29 is 0 Å². The fourth-order valence-corrected chi connectivity index (χ4v) is 2.25. The molecule has 0 unspecified atom stereocenters. The predicted molar refractivity (Wildman–Crippen MR) is 68.2 cm³/mol. The largest absolute Gasteiger partial charge is 0.363 e. The van der Waals surface area contributed by atoms with Crippen molar-refractivity contribution in [2.75, 3.05) is 18.8 Å². The van der Waals surface area contributed by atoms with Crippen LogP contribution in [0.25, 0.3) is 5.57 Å². The molecule has 1 aromatic rings. The van der Waals surface area contributed by atoms with Crippen LogP contribution in [0.4, 0.5) is 0 Å². The van der Waals surface area contributed by atoms with Crippen LogP contribution in [-0.2, 0) is 0 Å². The number of rotatable bonds is 3. The summed E-state index contributed by atoms with van der Waals surface area (Å²) < 4.78 is 0. The highest BCUT2D eigenvalue weighted by atomic mass is 32.2. The van der Waals surface area contributed by atoms with Crippen LogP contribution in [0.2, 0.25) is 0 Å². The van der Waals surface area contributed by atoms with Gasteiger partial charge in [-0.3, -0.25) is 4.99 Å². The van der Waals surface area contributed by atoms with E-state index in [9.17, 15) is 0 Å². The summed E-state index contributed by atoms with van der Waals surface area (Å²) in [7, 11) is 0. The molecule has 0 fully saturated rings. The lowest BCUT2D eigenvalue weighted by Gasteiger charge is -2.05. The third kappa shape index (κ3) is 2.86. The zero-order chi connectivity index (χ0) is 10.5. The first-order chi connectivity index (χ1) is 7.36. The summed E-state index contributed by atoms with van der Waals surface area (Å²) >= 11 is 1.73. The Morgan fingerprint density at radius 3 is 2.87 bits per heavy atom. The van der Waals surface area contributed by atoms with Crippen LogP contribution in [0.5, 0.6) is 0 Å². The van der Waals surface area contributed by atoms with Crippen LogP contribution in [0.3, 0.4) is 0 Å². The Morgan fingerprint density at radius 1 is 1.40 bits per heavy atom. The Kier molecular flexibility index (Phi) is 3.45. The molecule has 0 aromatic heterocycles. The molecule has 0 saturated heterocycles. The number of amidine groups is 1. The zero-order valence-corrected chi connectivity index (χ0v) is 9.39. The topological polar surface area (TPSA) is 24.4 Å². The van der Waals surface area contributed by atoms with Crippen LogP contribution >= 0.6 is 11.8 Å². The molecule has 1 aromatic carbocycles. The standard InChI is InChI=1S/C12H14N2S/c1-10(11-5-3-2-4-6-11)9-15-12-13-7-8-14-12/h2-6H,1,7-9H2,(H,13,14). The SMILES string of the molecule is C=C(CSC1=NCCN1)c1ccccc1. The second kappa shape index (κ2) is 5.03. The number of nitrogens with one attached hydrogen (secondary N) is 1. The Morgan fingerprint density at radius 2 is 2.20 bits per heavy atom. The molecule has 0 atom stereocenters. The minimum Gasteiger partial charge on any atom is -0.363 e. The second-order valence-electron chi connectivity index (χ2n) is 3.37. The highest BCUT2D eigenvalue weighted by Crippen LogP contribution is 2.18. The van der Waals surface area contributed by atoms with E-state index in [4.69, 9.17) is 0 Å². The van der Waals surface area contributed by atoms with Crippen molar-refractivity contribution in [3.05, 3.63) is 42.5 Å². The van der Waals surface area contributed by atoms with E-state index in [1.165, 1.54) is 5.56 Å². The Balaban J connectivity index is 1.87. The van der Waals surface area contributed by atoms with Crippen molar-refractivity contribution in [1.29, 1.82) is 0 Å². The van der Waals surface area contributed by atoms with Crippen LogP contribution in [0, 0.1) is 0 Å². The number of hydrogen-bond acceptors (Lipinski definition) is 3. The third-order valence-corrected chi connectivity index (χ3v) is 3.25. The van der Waals surface area contributed by atoms with E-state index in [1.54, 1.807) is 11.8 Å². The minimum absolute atomic E-state index is 0.899. The van der Waals surface area contributed by atoms with Crippen molar-refractivity contribution in [1.82, 2.24) is 5.32 Å².